The van der Waals surface area contributed by atoms with E-state index >= 15 is 0 Å². The first-order valence-corrected chi connectivity index (χ1v) is 4.37. The van der Waals surface area contributed by atoms with Gasteiger partial charge in [-0.2, -0.15) is 5.11 Å². The molecule has 0 atom stereocenters. The minimum Gasteiger partial charge on any atom is -0.438 e. The van der Waals surface area contributed by atoms with Crippen LogP contribution >= 0.6 is 0 Å². The number of nitrogens with zero attached hydrogens (tertiary/aromatic N) is 2. The molecule has 0 saturated heterocycles. The lowest BCUT2D eigenvalue weighted by molar-refractivity contribution is -0.00701. The molecular formula is C9H18N2O3. The van der Waals surface area contributed by atoms with E-state index in [9.17, 15) is 4.79 Å². The summed E-state index contributed by atoms with van der Waals surface area (Å²) in [6.45, 7) is 9.00. The van der Waals surface area contributed by atoms with E-state index in [-0.39, 0.29) is 5.54 Å². The summed E-state index contributed by atoms with van der Waals surface area (Å²) in [6, 6.07) is 0. The lowest BCUT2D eigenvalue weighted by Crippen LogP contribution is -2.26. The summed E-state index contributed by atoms with van der Waals surface area (Å²) in [5.41, 5.74) is -1.27. The second kappa shape index (κ2) is 4.39. The monoisotopic (exact) mass is 202 g/mol. The summed E-state index contributed by atoms with van der Waals surface area (Å²) >= 11 is 0. The van der Waals surface area contributed by atoms with Crippen molar-refractivity contribution in [2.24, 2.45) is 10.2 Å². The van der Waals surface area contributed by atoms with E-state index in [4.69, 9.17) is 4.74 Å². The molecule has 0 saturated carbocycles. The summed E-state index contributed by atoms with van der Waals surface area (Å²) in [6.07, 6.45) is -0.761. The SMILES string of the molecule is COC(=O)OC(C)(C)N=NC(C)(C)C. The number of carbonyl (C=O) groups is 1. The molecule has 0 aliphatic heterocycles. The van der Waals surface area contributed by atoms with Crippen molar-refractivity contribution in [3.05, 3.63) is 0 Å². The van der Waals surface area contributed by atoms with E-state index < -0.39 is 11.9 Å². The molecule has 0 aromatic carbocycles. The third-order valence-corrected chi connectivity index (χ3v) is 1.09. The van der Waals surface area contributed by atoms with Crippen molar-refractivity contribution >= 4 is 6.16 Å². The molecule has 0 bridgehead atoms. The lowest BCUT2D eigenvalue weighted by Gasteiger charge is -2.20. The van der Waals surface area contributed by atoms with Crippen molar-refractivity contribution in [2.45, 2.75) is 45.9 Å². The zero-order valence-electron chi connectivity index (χ0n) is 9.62. The lowest BCUT2D eigenvalue weighted by atomic mass is 10.1. The van der Waals surface area contributed by atoms with Crippen LogP contribution in [0.2, 0.25) is 0 Å². The Morgan fingerprint density at radius 3 is 1.93 bits per heavy atom. The number of hydrogen-bond donors (Lipinski definition) is 0. The van der Waals surface area contributed by atoms with Crippen molar-refractivity contribution < 1.29 is 14.3 Å². The summed E-state index contributed by atoms with van der Waals surface area (Å²) in [4.78, 5) is 10.8. The van der Waals surface area contributed by atoms with Gasteiger partial charge in [-0.3, -0.25) is 0 Å². The molecule has 0 N–H and O–H groups in total. The van der Waals surface area contributed by atoms with Gasteiger partial charge in [-0.15, -0.1) is 5.11 Å². The standard InChI is InChI=1S/C9H18N2O3/c1-8(2,3)10-11-9(4,5)14-7(12)13-6/h1-6H3. The van der Waals surface area contributed by atoms with Crippen LogP contribution in [0.3, 0.4) is 0 Å². The third-order valence-electron chi connectivity index (χ3n) is 1.09. The van der Waals surface area contributed by atoms with Crippen molar-refractivity contribution in [3.63, 3.8) is 0 Å². The normalized spacial score (nSPS) is 13.0. The zero-order valence-corrected chi connectivity index (χ0v) is 9.62. The third kappa shape index (κ3) is 6.39. The topological polar surface area (TPSA) is 60.2 Å². The summed E-state index contributed by atoms with van der Waals surface area (Å²) in [5, 5.41) is 7.92. The van der Waals surface area contributed by atoms with Gasteiger partial charge >= 0.3 is 6.16 Å². The molecule has 14 heavy (non-hydrogen) atoms. The molecule has 0 aromatic heterocycles. The second-order valence-electron chi connectivity index (χ2n) is 4.37. The average Bonchev–Trinajstić information content (AvgIpc) is 1.99. The Morgan fingerprint density at radius 1 is 1.07 bits per heavy atom. The fourth-order valence-corrected chi connectivity index (χ4v) is 0.536. The molecule has 0 heterocycles. The van der Waals surface area contributed by atoms with Crippen LogP contribution in [-0.4, -0.2) is 24.5 Å². The van der Waals surface area contributed by atoms with E-state index in [1.165, 1.54) is 7.11 Å². The quantitative estimate of drug-likeness (QED) is 0.511. The molecule has 0 aromatic rings. The van der Waals surface area contributed by atoms with Crippen LogP contribution in [-0.2, 0) is 9.47 Å². The van der Waals surface area contributed by atoms with Crippen molar-refractivity contribution in [3.8, 4) is 0 Å². The van der Waals surface area contributed by atoms with Crippen LogP contribution in [0.5, 0.6) is 0 Å². The predicted octanol–water partition coefficient (Wildman–Crippen LogP) is 2.76. The highest BCUT2D eigenvalue weighted by atomic mass is 16.7. The maximum Gasteiger partial charge on any atom is 0.510 e. The van der Waals surface area contributed by atoms with Crippen molar-refractivity contribution in [2.75, 3.05) is 7.11 Å². The maximum atomic E-state index is 10.8. The average molecular weight is 202 g/mol. The molecule has 0 amide bonds. The number of hydrogen-bond acceptors (Lipinski definition) is 5. The van der Waals surface area contributed by atoms with Crippen LogP contribution < -0.4 is 0 Å². The van der Waals surface area contributed by atoms with Gasteiger partial charge in [0.2, 0.25) is 5.72 Å². The fourth-order valence-electron chi connectivity index (χ4n) is 0.536. The summed E-state index contributed by atoms with van der Waals surface area (Å²) < 4.78 is 9.22. The van der Waals surface area contributed by atoms with Gasteiger partial charge in [0, 0.05) is 0 Å². The first-order valence-electron chi connectivity index (χ1n) is 4.37. The van der Waals surface area contributed by atoms with Gasteiger partial charge < -0.3 is 9.47 Å². The number of rotatable bonds is 2. The number of azo groups is 1. The largest absolute Gasteiger partial charge is 0.510 e. The van der Waals surface area contributed by atoms with E-state index in [2.05, 4.69) is 15.0 Å². The van der Waals surface area contributed by atoms with E-state index in [0.29, 0.717) is 0 Å². The number of ether oxygens (including phenoxy) is 2. The van der Waals surface area contributed by atoms with Crippen LogP contribution in [0, 0.1) is 0 Å². The summed E-state index contributed by atoms with van der Waals surface area (Å²) in [7, 11) is 1.25. The highest BCUT2D eigenvalue weighted by molar-refractivity contribution is 5.60. The van der Waals surface area contributed by atoms with E-state index in [1.807, 2.05) is 20.8 Å². The Hall–Kier alpha value is -1.13. The Kier molecular flexibility index (Phi) is 4.04. The van der Waals surface area contributed by atoms with Gasteiger partial charge in [0.05, 0.1) is 12.6 Å². The van der Waals surface area contributed by atoms with Gasteiger partial charge in [-0.25, -0.2) is 4.79 Å². The van der Waals surface area contributed by atoms with Crippen LogP contribution in [0.15, 0.2) is 10.2 Å². The molecule has 0 aliphatic carbocycles. The van der Waals surface area contributed by atoms with Crippen LogP contribution in [0.25, 0.3) is 0 Å². The number of carbonyl (C=O) groups excluding carboxylic acids is 1. The Morgan fingerprint density at radius 2 is 1.57 bits per heavy atom. The highest BCUT2D eigenvalue weighted by Crippen LogP contribution is 2.16. The Labute approximate surface area is 84.5 Å². The van der Waals surface area contributed by atoms with Crippen molar-refractivity contribution in [1.29, 1.82) is 0 Å². The van der Waals surface area contributed by atoms with Gasteiger partial charge in [0.1, 0.15) is 0 Å². The predicted molar refractivity (Wildman–Crippen MR) is 52.2 cm³/mol. The van der Waals surface area contributed by atoms with Gasteiger partial charge in [-0.05, 0) is 34.6 Å². The van der Waals surface area contributed by atoms with Crippen LogP contribution in [0.1, 0.15) is 34.6 Å². The van der Waals surface area contributed by atoms with Gasteiger partial charge in [0.15, 0.2) is 0 Å². The first-order chi connectivity index (χ1) is 6.16. The van der Waals surface area contributed by atoms with E-state index in [0.717, 1.165) is 0 Å². The molecule has 5 nitrogen and oxygen atoms in total. The zero-order chi connectivity index (χ0) is 11.4. The van der Waals surface area contributed by atoms with Crippen LogP contribution in [0.4, 0.5) is 4.79 Å². The maximum absolute atomic E-state index is 10.8. The summed E-state index contributed by atoms with van der Waals surface area (Å²) in [5.74, 6) is 0. The molecule has 5 heteroatoms. The molecule has 82 valence electrons. The second-order valence-corrected chi connectivity index (χ2v) is 4.37. The molecule has 0 radical (unpaired) electrons. The van der Waals surface area contributed by atoms with Gasteiger partial charge in [0.25, 0.3) is 0 Å². The van der Waals surface area contributed by atoms with E-state index in [1.54, 1.807) is 13.8 Å². The Bertz CT molecular complexity index is 229. The molecule has 0 spiro atoms. The highest BCUT2D eigenvalue weighted by Gasteiger charge is 2.23. The minimum atomic E-state index is -0.986. The molecular weight excluding hydrogens is 184 g/mol. The molecule has 0 fully saturated rings. The number of methoxy groups -OCH3 is 1. The minimum absolute atomic E-state index is 0.281. The first kappa shape index (κ1) is 12.9. The fraction of sp³-hybridized carbons (Fsp3) is 0.889. The smallest absolute Gasteiger partial charge is 0.438 e. The van der Waals surface area contributed by atoms with Gasteiger partial charge in [-0.1, -0.05) is 0 Å². The molecule has 0 unspecified atom stereocenters. The molecule has 0 rings (SSSR count). The Balaban J connectivity index is 4.34. The van der Waals surface area contributed by atoms with Crippen molar-refractivity contribution in [1.82, 2.24) is 0 Å². The molecule has 0 aliphatic rings.